The second kappa shape index (κ2) is 9.28. The standard InChI is InChI=1S/C25H26N4O5/c1-17-19(16-26-29(17)18-6-3-2-4-7-18)23(30)21-22(20-8-5-13-34-20)28(25(32)24(21)31)10-9-27-11-14-33-15-12-27/h2-8,13,16,22,30H,9-12,14-15H2,1H3/t22-/m1/s1. The van der Waals surface area contributed by atoms with E-state index in [2.05, 4.69) is 10.00 Å². The molecule has 0 radical (unpaired) electrons. The number of hydrogen-bond acceptors (Lipinski definition) is 7. The van der Waals surface area contributed by atoms with Gasteiger partial charge in [0.25, 0.3) is 11.7 Å². The highest BCUT2D eigenvalue weighted by atomic mass is 16.5. The molecule has 176 valence electrons. The molecule has 2 aliphatic rings. The molecule has 2 aromatic heterocycles. The first-order valence-electron chi connectivity index (χ1n) is 11.3. The summed E-state index contributed by atoms with van der Waals surface area (Å²) < 4.78 is 12.7. The largest absolute Gasteiger partial charge is 0.507 e. The van der Waals surface area contributed by atoms with E-state index in [0.717, 1.165) is 18.8 Å². The summed E-state index contributed by atoms with van der Waals surface area (Å²) in [7, 11) is 0. The van der Waals surface area contributed by atoms with Gasteiger partial charge in [-0.3, -0.25) is 14.5 Å². The molecule has 2 aliphatic heterocycles. The molecule has 1 amide bonds. The summed E-state index contributed by atoms with van der Waals surface area (Å²) in [5.41, 5.74) is 1.89. The van der Waals surface area contributed by atoms with Crippen LogP contribution >= 0.6 is 0 Å². The molecule has 2 fully saturated rings. The van der Waals surface area contributed by atoms with Crippen molar-refractivity contribution in [2.75, 3.05) is 39.4 Å². The molecule has 4 heterocycles. The molecule has 9 nitrogen and oxygen atoms in total. The highest BCUT2D eigenvalue weighted by molar-refractivity contribution is 6.46. The van der Waals surface area contributed by atoms with E-state index in [1.54, 1.807) is 16.8 Å². The van der Waals surface area contributed by atoms with Crippen molar-refractivity contribution >= 4 is 17.4 Å². The van der Waals surface area contributed by atoms with Gasteiger partial charge in [-0.15, -0.1) is 0 Å². The van der Waals surface area contributed by atoms with Crippen molar-refractivity contribution in [3.05, 3.63) is 77.5 Å². The van der Waals surface area contributed by atoms with Crippen LogP contribution in [-0.4, -0.2) is 75.8 Å². The van der Waals surface area contributed by atoms with E-state index < -0.39 is 17.7 Å². The maximum Gasteiger partial charge on any atom is 0.295 e. The third kappa shape index (κ3) is 3.93. The molecular formula is C25H26N4O5. The quantitative estimate of drug-likeness (QED) is 0.341. The van der Waals surface area contributed by atoms with Gasteiger partial charge in [-0.1, -0.05) is 18.2 Å². The average Bonchev–Trinajstić information content (AvgIpc) is 3.58. The molecule has 5 rings (SSSR count). The number of aromatic nitrogens is 2. The minimum atomic E-state index is -0.810. The molecule has 3 aromatic rings. The number of hydrogen-bond donors (Lipinski definition) is 1. The summed E-state index contributed by atoms with van der Waals surface area (Å²) in [6, 6.07) is 12.1. The Kier molecular flexibility index (Phi) is 6.04. The zero-order chi connectivity index (χ0) is 23.7. The van der Waals surface area contributed by atoms with Gasteiger partial charge < -0.3 is 19.2 Å². The molecule has 1 atom stereocenters. The van der Waals surface area contributed by atoms with Gasteiger partial charge in [0.1, 0.15) is 17.6 Å². The van der Waals surface area contributed by atoms with Crippen LogP contribution in [0, 0.1) is 6.92 Å². The number of amides is 1. The topological polar surface area (TPSA) is 101 Å². The lowest BCUT2D eigenvalue weighted by Gasteiger charge is -2.30. The first kappa shape index (κ1) is 22.1. The summed E-state index contributed by atoms with van der Waals surface area (Å²) in [6.07, 6.45) is 3.01. The minimum absolute atomic E-state index is 0.0117. The van der Waals surface area contributed by atoms with E-state index >= 15 is 0 Å². The number of morpholine rings is 1. The number of benzene rings is 1. The van der Waals surface area contributed by atoms with Gasteiger partial charge >= 0.3 is 0 Å². The third-order valence-electron chi connectivity index (χ3n) is 6.38. The van der Waals surface area contributed by atoms with Crippen molar-refractivity contribution in [2.45, 2.75) is 13.0 Å². The average molecular weight is 463 g/mol. The second-order valence-electron chi connectivity index (χ2n) is 8.35. The van der Waals surface area contributed by atoms with Crippen LogP contribution in [0.3, 0.4) is 0 Å². The Labute approximate surface area is 196 Å². The molecule has 2 saturated heterocycles. The van der Waals surface area contributed by atoms with Gasteiger partial charge in [-0.25, -0.2) is 4.68 Å². The van der Waals surface area contributed by atoms with Crippen molar-refractivity contribution < 1.29 is 23.8 Å². The van der Waals surface area contributed by atoms with Crippen LogP contribution < -0.4 is 0 Å². The fourth-order valence-electron chi connectivity index (χ4n) is 4.54. The molecule has 0 spiro atoms. The molecule has 0 aliphatic carbocycles. The van der Waals surface area contributed by atoms with E-state index in [4.69, 9.17) is 9.15 Å². The third-order valence-corrected chi connectivity index (χ3v) is 6.38. The van der Waals surface area contributed by atoms with Crippen LogP contribution in [0.1, 0.15) is 23.1 Å². The summed E-state index contributed by atoms with van der Waals surface area (Å²) in [5, 5.41) is 15.7. The van der Waals surface area contributed by atoms with Gasteiger partial charge in [-0.2, -0.15) is 5.10 Å². The van der Waals surface area contributed by atoms with Crippen LogP contribution in [0.25, 0.3) is 11.4 Å². The molecule has 1 aromatic carbocycles. The van der Waals surface area contributed by atoms with Crippen LogP contribution in [0.15, 0.2) is 64.9 Å². The molecule has 9 heteroatoms. The lowest BCUT2D eigenvalue weighted by Crippen LogP contribution is -2.42. The Morgan fingerprint density at radius 1 is 1.09 bits per heavy atom. The zero-order valence-corrected chi connectivity index (χ0v) is 18.9. The Balaban J connectivity index is 1.52. The number of ketones is 1. The lowest BCUT2D eigenvalue weighted by atomic mass is 9.99. The van der Waals surface area contributed by atoms with Crippen molar-refractivity contribution in [3.8, 4) is 5.69 Å². The first-order chi connectivity index (χ1) is 16.6. The summed E-state index contributed by atoms with van der Waals surface area (Å²) in [6.45, 7) is 5.57. The number of rotatable bonds is 6. The molecule has 0 saturated carbocycles. The molecule has 1 N–H and O–H groups in total. The smallest absolute Gasteiger partial charge is 0.295 e. The number of ether oxygens (including phenoxy) is 1. The van der Waals surface area contributed by atoms with Gasteiger partial charge in [0.2, 0.25) is 0 Å². The Morgan fingerprint density at radius 2 is 1.85 bits per heavy atom. The number of aliphatic hydroxyl groups excluding tert-OH is 1. The van der Waals surface area contributed by atoms with Gasteiger partial charge in [0.15, 0.2) is 0 Å². The summed E-state index contributed by atoms with van der Waals surface area (Å²) in [5.74, 6) is -1.21. The molecular weight excluding hydrogens is 436 g/mol. The van der Waals surface area contributed by atoms with Crippen molar-refractivity contribution in [2.24, 2.45) is 0 Å². The molecule has 0 bridgehead atoms. The van der Waals surface area contributed by atoms with E-state index in [1.807, 2.05) is 37.3 Å². The van der Waals surface area contributed by atoms with E-state index in [1.165, 1.54) is 17.4 Å². The summed E-state index contributed by atoms with van der Waals surface area (Å²) in [4.78, 5) is 29.9. The van der Waals surface area contributed by atoms with E-state index in [0.29, 0.717) is 43.3 Å². The van der Waals surface area contributed by atoms with Gasteiger partial charge in [0.05, 0.1) is 48.2 Å². The molecule has 0 unspecified atom stereocenters. The van der Waals surface area contributed by atoms with Crippen LogP contribution in [0.5, 0.6) is 0 Å². The maximum atomic E-state index is 13.2. The number of nitrogens with zero attached hydrogens (tertiary/aromatic N) is 4. The van der Waals surface area contributed by atoms with Crippen LogP contribution in [0.2, 0.25) is 0 Å². The molecule has 34 heavy (non-hydrogen) atoms. The Hall–Kier alpha value is -3.69. The fourth-order valence-corrected chi connectivity index (χ4v) is 4.54. The van der Waals surface area contributed by atoms with Crippen molar-refractivity contribution in [1.29, 1.82) is 0 Å². The Morgan fingerprint density at radius 3 is 2.56 bits per heavy atom. The number of Topliss-reactive ketones (excluding diaryl/α,β-unsaturated/α-hetero) is 1. The number of carbonyl (C=O) groups is 2. The number of carbonyl (C=O) groups excluding carboxylic acids is 2. The minimum Gasteiger partial charge on any atom is -0.507 e. The van der Waals surface area contributed by atoms with E-state index in [-0.39, 0.29) is 11.3 Å². The number of para-hydroxylation sites is 1. The predicted molar refractivity (Wildman–Crippen MR) is 123 cm³/mol. The maximum absolute atomic E-state index is 13.2. The predicted octanol–water partition coefficient (Wildman–Crippen LogP) is 2.53. The number of furan rings is 1. The van der Waals surface area contributed by atoms with Gasteiger partial charge in [-0.05, 0) is 31.2 Å². The van der Waals surface area contributed by atoms with Crippen molar-refractivity contribution in [3.63, 3.8) is 0 Å². The second-order valence-corrected chi connectivity index (χ2v) is 8.35. The van der Waals surface area contributed by atoms with Crippen molar-refractivity contribution in [1.82, 2.24) is 19.6 Å². The highest BCUT2D eigenvalue weighted by Gasteiger charge is 2.47. The van der Waals surface area contributed by atoms with Gasteiger partial charge in [0, 0.05) is 26.2 Å². The SMILES string of the molecule is Cc1c(C(O)=C2C(=O)C(=O)N(CCN3CCOCC3)[C@@H]2c2ccco2)cnn1-c1ccccc1. The lowest BCUT2D eigenvalue weighted by molar-refractivity contribution is -0.140. The van der Waals surface area contributed by atoms with Crippen LogP contribution in [-0.2, 0) is 14.3 Å². The normalized spacial score (nSPS) is 20.9. The zero-order valence-electron chi connectivity index (χ0n) is 18.9. The number of aliphatic hydroxyl groups is 1. The summed E-state index contributed by atoms with van der Waals surface area (Å²) >= 11 is 0. The number of likely N-dealkylation sites (tertiary alicyclic amines) is 1. The van der Waals surface area contributed by atoms with Crippen LogP contribution in [0.4, 0.5) is 0 Å². The fraction of sp³-hybridized carbons (Fsp3) is 0.320. The Bertz CT molecular complexity index is 1210. The first-order valence-corrected chi connectivity index (χ1v) is 11.3. The monoisotopic (exact) mass is 462 g/mol. The highest BCUT2D eigenvalue weighted by Crippen LogP contribution is 2.40. The van der Waals surface area contributed by atoms with E-state index in [9.17, 15) is 14.7 Å².